The van der Waals surface area contributed by atoms with Gasteiger partial charge in [-0.1, -0.05) is 225 Å². The monoisotopic (exact) mass is 1340 g/mol. The molecule has 2 aliphatic carbocycles. The summed E-state index contributed by atoms with van der Waals surface area (Å²) in [6, 6.07) is 116. The molecule has 0 aliphatic heterocycles. The van der Waals surface area contributed by atoms with E-state index in [2.05, 4.69) is 358 Å². The average molecular weight is 1340 g/mol. The highest BCUT2D eigenvalue weighted by Crippen LogP contribution is 2.62. The minimum Gasteiger partial charge on any atom is -0.329 e. The Hall–Kier alpha value is -13.6. The van der Waals surface area contributed by atoms with E-state index in [0.717, 1.165) is 189 Å². The molecule has 0 radical (unpaired) electrons. The van der Waals surface area contributed by atoms with Gasteiger partial charge < -0.3 is 18.3 Å². The van der Waals surface area contributed by atoms with Gasteiger partial charge in [0.15, 0.2) is 0 Å². The van der Waals surface area contributed by atoms with Crippen molar-refractivity contribution < 1.29 is 0 Å². The van der Waals surface area contributed by atoms with E-state index in [4.69, 9.17) is 9.97 Å². The van der Waals surface area contributed by atoms with Crippen LogP contribution in [-0.2, 0) is 0 Å². The standard InChI is InChI=1S/C97H66N8/c1-61-24-20-31-65(54-61)69-47-49-87-79(59-69)73-35-13-17-41-83(73)103(87)92-90(70-32-21-33-71(55-70)101-95-76(38-22-52-99-95)77-39-23-53-100-96(77)101)91(102-82-40-16-12-34-72(82)78-56-66(44-48-86(78)102)62-25-6-3-7-26-62)93(104-84-42-18-14-36-74(84)80-57-67(45-50-88(80)104)63-27-8-4-9-28-63)97(2,60-98)94(92)105-85-43-19-15-37-75(85)81-58-68(46-51-89(81)105)64-29-10-5-11-30-64/h3-23,25-59,61,94H,24H2,1-2H3. The number of hydrogen-bond donors (Lipinski definition) is 0. The van der Waals surface area contributed by atoms with Crippen LogP contribution in [-0.4, -0.2) is 32.8 Å². The van der Waals surface area contributed by atoms with Crippen molar-refractivity contribution in [2.24, 2.45) is 11.3 Å². The summed E-state index contributed by atoms with van der Waals surface area (Å²) in [5.74, 6) is 0.395. The highest BCUT2D eigenvalue weighted by Gasteiger charge is 2.53. The van der Waals surface area contributed by atoms with Crippen LogP contribution < -0.4 is 0 Å². The molecule has 0 saturated heterocycles. The van der Waals surface area contributed by atoms with Crippen molar-refractivity contribution in [1.29, 1.82) is 5.26 Å². The van der Waals surface area contributed by atoms with Gasteiger partial charge in [0.05, 0.1) is 62.3 Å². The Bertz CT molecular complexity index is 6990. The van der Waals surface area contributed by atoms with Crippen molar-refractivity contribution in [2.75, 3.05) is 0 Å². The number of nitriles is 1. The minimum absolute atomic E-state index is 0.395. The van der Waals surface area contributed by atoms with E-state index < -0.39 is 11.5 Å². The second kappa shape index (κ2) is 23.5. The molecule has 0 saturated carbocycles. The van der Waals surface area contributed by atoms with Gasteiger partial charge in [0.25, 0.3) is 0 Å². The van der Waals surface area contributed by atoms with Crippen LogP contribution in [0.4, 0.5) is 0 Å². The van der Waals surface area contributed by atoms with Gasteiger partial charge in [-0.05, 0) is 179 Å². The summed E-state index contributed by atoms with van der Waals surface area (Å²) in [7, 11) is 0. The Morgan fingerprint density at radius 3 is 1.31 bits per heavy atom. The van der Waals surface area contributed by atoms with Crippen LogP contribution in [0, 0.1) is 22.7 Å². The molecular weight excluding hydrogens is 1280 g/mol. The molecule has 7 aromatic heterocycles. The van der Waals surface area contributed by atoms with Crippen LogP contribution in [0.5, 0.6) is 0 Å². The number of aromatic nitrogens is 7. The fourth-order valence-electron chi connectivity index (χ4n) is 17.9. The largest absolute Gasteiger partial charge is 0.329 e. The third kappa shape index (κ3) is 9.05. The molecule has 8 nitrogen and oxygen atoms in total. The molecule has 0 bridgehead atoms. The first kappa shape index (κ1) is 60.2. The molecule has 0 fully saturated rings. The SMILES string of the molecule is CC1C=C(c2ccc3c(c2)c2ccccc2n3C2=C(c3cccc(-n4c5ncccc5c5cccnc54)c3)C(n3c4ccccc4c4cc(-c5ccccc5)ccc43)=C(n3c4ccccc4c4cc(-c5ccccc5)ccc43)C(C)(C#N)C2n2c3ccccc3c3cc(-c4ccccc4)ccc32)C=CC1. The molecule has 21 rings (SSSR count). The topological polar surface area (TPSA) is 74.2 Å². The van der Waals surface area contributed by atoms with Crippen LogP contribution in [0.15, 0.2) is 340 Å². The van der Waals surface area contributed by atoms with Gasteiger partial charge in [0.2, 0.25) is 0 Å². The summed E-state index contributed by atoms with van der Waals surface area (Å²) in [6.45, 7) is 4.56. The van der Waals surface area contributed by atoms with Crippen LogP contribution in [0.2, 0.25) is 0 Å². The number of rotatable bonds is 10. The molecule has 2 aliphatic rings. The predicted octanol–water partition coefficient (Wildman–Crippen LogP) is 24.7. The zero-order chi connectivity index (χ0) is 69.6. The van der Waals surface area contributed by atoms with Gasteiger partial charge in [-0.3, -0.25) is 4.57 Å². The van der Waals surface area contributed by atoms with Gasteiger partial charge in [-0.2, -0.15) is 5.26 Å². The van der Waals surface area contributed by atoms with E-state index in [0.29, 0.717) is 5.92 Å². The van der Waals surface area contributed by atoms with Gasteiger partial charge >= 0.3 is 0 Å². The second-order valence-electron chi connectivity index (χ2n) is 28.5. The maximum Gasteiger partial charge on any atom is 0.146 e. The summed E-state index contributed by atoms with van der Waals surface area (Å²) in [5.41, 5.74) is 22.6. The minimum atomic E-state index is -1.50. The normalized spacial score (nSPS) is 16.4. The highest BCUT2D eigenvalue weighted by molar-refractivity contribution is 6.27. The van der Waals surface area contributed by atoms with E-state index in [1.807, 2.05) is 24.5 Å². The fourth-order valence-corrected chi connectivity index (χ4v) is 17.9. The number of hydrogen-bond acceptors (Lipinski definition) is 3. The summed E-state index contributed by atoms with van der Waals surface area (Å²) in [6.07, 6.45) is 11.8. The van der Waals surface area contributed by atoms with Crippen LogP contribution in [0.3, 0.4) is 0 Å². The van der Waals surface area contributed by atoms with E-state index in [-0.39, 0.29) is 0 Å². The quantitative estimate of drug-likeness (QED) is 0.137. The molecule has 8 heteroatoms. The van der Waals surface area contributed by atoms with Crippen molar-refractivity contribution in [1.82, 2.24) is 32.8 Å². The fraction of sp³-hybridized carbons (Fsp3) is 0.0619. The number of nitrogens with zero attached hydrogens (tertiary/aromatic N) is 8. The smallest absolute Gasteiger partial charge is 0.146 e. The highest BCUT2D eigenvalue weighted by atomic mass is 15.2. The number of pyridine rings is 2. The van der Waals surface area contributed by atoms with Crippen LogP contribution in [0.25, 0.3) is 177 Å². The first-order chi connectivity index (χ1) is 51.9. The van der Waals surface area contributed by atoms with E-state index in [9.17, 15) is 5.26 Å². The second-order valence-corrected chi connectivity index (χ2v) is 28.5. The molecule has 7 heterocycles. The Morgan fingerprint density at radius 2 is 0.771 bits per heavy atom. The van der Waals surface area contributed by atoms with Gasteiger partial charge in [0.1, 0.15) is 16.7 Å². The molecule has 0 N–H and O–H groups in total. The molecule has 12 aromatic carbocycles. The molecule has 0 spiro atoms. The lowest BCUT2D eigenvalue weighted by molar-refractivity contribution is 0.416. The van der Waals surface area contributed by atoms with E-state index in [1.165, 1.54) is 5.57 Å². The number of allylic oxidation sites excluding steroid dienone is 8. The third-order valence-electron chi connectivity index (χ3n) is 22.5. The molecule has 105 heavy (non-hydrogen) atoms. The first-order valence-corrected chi connectivity index (χ1v) is 36.3. The van der Waals surface area contributed by atoms with E-state index >= 15 is 0 Å². The lowest BCUT2D eigenvalue weighted by Crippen LogP contribution is -2.39. The molecular formula is C97H66N8. The number of fused-ring (bicyclic) bond motifs is 15. The predicted molar refractivity (Wildman–Crippen MR) is 437 cm³/mol. The van der Waals surface area contributed by atoms with Gasteiger partial charge in [0, 0.05) is 88.5 Å². The maximum absolute atomic E-state index is 14.0. The maximum atomic E-state index is 14.0. The van der Waals surface area contributed by atoms with Crippen LogP contribution in [0.1, 0.15) is 37.4 Å². The van der Waals surface area contributed by atoms with Crippen molar-refractivity contribution in [2.45, 2.75) is 26.3 Å². The number of benzene rings is 12. The molecule has 0 amide bonds. The lowest BCUT2D eigenvalue weighted by Gasteiger charge is -2.45. The van der Waals surface area contributed by atoms with Crippen molar-refractivity contribution >= 4 is 138 Å². The zero-order valence-electron chi connectivity index (χ0n) is 57.8. The number of para-hydroxylation sites is 4. The third-order valence-corrected chi connectivity index (χ3v) is 22.5. The average Bonchev–Trinajstić information content (AvgIpc) is 1.60. The lowest BCUT2D eigenvalue weighted by atomic mass is 9.70. The summed E-state index contributed by atoms with van der Waals surface area (Å²) < 4.78 is 12.4. The Balaban J connectivity index is 1.01. The molecule has 19 aromatic rings. The Morgan fingerprint density at radius 1 is 0.362 bits per heavy atom. The molecule has 494 valence electrons. The van der Waals surface area contributed by atoms with Crippen molar-refractivity contribution in [3.8, 4) is 45.1 Å². The van der Waals surface area contributed by atoms with Crippen LogP contribution >= 0.6 is 0 Å². The Kier molecular flexibility index (Phi) is 13.5. The molecule has 3 unspecified atom stereocenters. The van der Waals surface area contributed by atoms with E-state index in [1.54, 1.807) is 0 Å². The summed E-state index contributed by atoms with van der Waals surface area (Å²) in [5, 5.41) is 24.7. The van der Waals surface area contributed by atoms with Crippen molar-refractivity contribution in [3.05, 3.63) is 351 Å². The summed E-state index contributed by atoms with van der Waals surface area (Å²) in [4.78, 5) is 10.4. The van der Waals surface area contributed by atoms with Crippen molar-refractivity contribution in [3.63, 3.8) is 0 Å². The Labute approximate surface area is 605 Å². The first-order valence-electron chi connectivity index (χ1n) is 36.3. The van der Waals surface area contributed by atoms with Gasteiger partial charge in [-0.15, -0.1) is 0 Å². The summed E-state index contributed by atoms with van der Waals surface area (Å²) >= 11 is 0. The van der Waals surface area contributed by atoms with Gasteiger partial charge in [-0.25, -0.2) is 9.97 Å². The molecule has 3 atom stereocenters. The zero-order valence-corrected chi connectivity index (χ0v) is 57.8.